The van der Waals surface area contributed by atoms with Gasteiger partial charge in [-0.15, -0.1) is 0 Å². The molecule has 0 saturated carbocycles. The average Bonchev–Trinajstić information content (AvgIpc) is 2.15. The summed E-state index contributed by atoms with van der Waals surface area (Å²) in [6.07, 6.45) is 6.07. The van der Waals surface area contributed by atoms with E-state index in [4.69, 9.17) is 0 Å². The summed E-state index contributed by atoms with van der Waals surface area (Å²) in [5, 5.41) is 0. The third-order valence-corrected chi connectivity index (χ3v) is 2.53. The quantitative estimate of drug-likeness (QED) is 0.612. The van der Waals surface area contributed by atoms with E-state index >= 15 is 0 Å². The van der Waals surface area contributed by atoms with Crippen LogP contribution in [0.25, 0.3) is 0 Å². The monoisotopic (exact) mass is 181 g/mol. The molecule has 0 aromatic heterocycles. The summed E-state index contributed by atoms with van der Waals surface area (Å²) in [6, 6.07) is 0. The zero-order chi connectivity index (χ0) is 9.68. The Labute approximate surface area is 80.6 Å². The Bertz CT molecular complexity index is 208. The molecule has 0 aromatic rings. The molecule has 0 N–H and O–H groups in total. The lowest BCUT2D eigenvalue weighted by Crippen LogP contribution is -2.34. The summed E-state index contributed by atoms with van der Waals surface area (Å²) in [5.41, 5.74) is 1.42. The molecule has 2 heteroatoms. The Hall–Kier alpha value is -0.790. The van der Waals surface area contributed by atoms with E-state index in [1.54, 1.807) is 0 Å². The summed E-state index contributed by atoms with van der Waals surface area (Å²) in [5.74, 6) is 0.325. The van der Waals surface area contributed by atoms with Crippen molar-refractivity contribution < 1.29 is 4.79 Å². The van der Waals surface area contributed by atoms with Gasteiger partial charge in [-0.05, 0) is 19.8 Å². The van der Waals surface area contributed by atoms with Crippen molar-refractivity contribution in [1.82, 2.24) is 4.90 Å². The zero-order valence-corrected chi connectivity index (χ0v) is 8.68. The highest BCUT2D eigenvalue weighted by atomic mass is 16.2. The Kier molecular flexibility index (Phi) is 4.00. The standard InChI is InChI=1S/C11H19NO/c1-3-4-5-11(13)12-8-6-10(2)7-9-12/h6H,3-5,7-9H2,1-2H3. The molecular formula is C11H19NO. The lowest BCUT2D eigenvalue weighted by molar-refractivity contribution is -0.131. The maximum atomic E-state index is 11.6. The summed E-state index contributed by atoms with van der Waals surface area (Å²) in [7, 11) is 0. The van der Waals surface area contributed by atoms with Crippen molar-refractivity contribution >= 4 is 5.91 Å². The van der Waals surface area contributed by atoms with E-state index in [9.17, 15) is 4.79 Å². The minimum atomic E-state index is 0.325. The van der Waals surface area contributed by atoms with Gasteiger partial charge in [-0.1, -0.05) is 25.0 Å². The number of nitrogens with zero attached hydrogens (tertiary/aromatic N) is 1. The van der Waals surface area contributed by atoms with Gasteiger partial charge in [0.2, 0.25) is 5.91 Å². The number of carbonyl (C=O) groups is 1. The van der Waals surface area contributed by atoms with E-state index in [-0.39, 0.29) is 0 Å². The summed E-state index contributed by atoms with van der Waals surface area (Å²) >= 11 is 0. The number of amides is 1. The molecule has 0 radical (unpaired) electrons. The Morgan fingerprint density at radius 1 is 1.62 bits per heavy atom. The van der Waals surface area contributed by atoms with Crippen molar-refractivity contribution in [2.75, 3.05) is 13.1 Å². The molecule has 0 fully saturated rings. The minimum Gasteiger partial charge on any atom is -0.339 e. The van der Waals surface area contributed by atoms with Gasteiger partial charge in [-0.25, -0.2) is 0 Å². The van der Waals surface area contributed by atoms with Gasteiger partial charge < -0.3 is 4.90 Å². The molecule has 1 aliphatic heterocycles. The fourth-order valence-corrected chi connectivity index (χ4v) is 1.48. The first-order chi connectivity index (χ1) is 6.24. The number of hydrogen-bond donors (Lipinski definition) is 0. The zero-order valence-electron chi connectivity index (χ0n) is 8.68. The van der Waals surface area contributed by atoms with Gasteiger partial charge in [0.1, 0.15) is 0 Å². The van der Waals surface area contributed by atoms with E-state index in [2.05, 4.69) is 19.9 Å². The van der Waals surface area contributed by atoms with Crippen LogP contribution in [0.3, 0.4) is 0 Å². The summed E-state index contributed by atoms with van der Waals surface area (Å²) in [4.78, 5) is 13.5. The lowest BCUT2D eigenvalue weighted by Gasteiger charge is -2.25. The lowest BCUT2D eigenvalue weighted by atomic mass is 10.1. The smallest absolute Gasteiger partial charge is 0.222 e. The predicted octanol–water partition coefficient (Wildman–Crippen LogP) is 2.36. The van der Waals surface area contributed by atoms with Crippen molar-refractivity contribution in [1.29, 1.82) is 0 Å². The van der Waals surface area contributed by atoms with Crippen LogP contribution in [0.1, 0.15) is 39.5 Å². The number of rotatable bonds is 3. The molecule has 0 atom stereocenters. The van der Waals surface area contributed by atoms with Crippen LogP contribution < -0.4 is 0 Å². The molecule has 0 spiro atoms. The third kappa shape index (κ3) is 3.21. The SMILES string of the molecule is CCCCC(=O)N1CC=C(C)CC1. The second-order valence-corrected chi connectivity index (χ2v) is 3.74. The van der Waals surface area contributed by atoms with Gasteiger partial charge >= 0.3 is 0 Å². The third-order valence-electron chi connectivity index (χ3n) is 2.53. The molecule has 0 saturated heterocycles. The van der Waals surface area contributed by atoms with Gasteiger partial charge in [-0.3, -0.25) is 4.79 Å². The molecule has 1 heterocycles. The first kappa shape index (κ1) is 10.3. The molecule has 1 rings (SSSR count). The van der Waals surface area contributed by atoms with Crippen LogP contribution >= 0.6 is 0 Å². The van der Waals surface area contributed by atoms with Gasteiger partial charge in [0, 0.05) is 19.5 Å². The minimum absolute atomic E-state index is 0.325. The molecule has 74 valence electrons. The van der Waals surface area contributed by atoms with Crippen LogP contribution in [0.2, 0.25) is 0 Å². The van der Waals surface area contributed by atoms with Crippen LogP contribution in [0.5, 0.6) is 0 Å². The van der Waals surface area contributed by atoms with Gasteiger partial charge in [0.15, 0.2) is 0 Å². The second kappa shape index (κ2) is 5.05. The topological polar surface area (TPSA) is 20.3 Å². The molecule has 1 amide bonds. The highest BCUT2D eigenvalue weighted by molar-refractivity contribution is 5.76. The molecular weight excluding hydrogens is 162 g/mol. The predicted molar refractivity (Wildman–Crippen MR) is 54.5 cm³/mol. The van der Waals surface area contributed by atoms with E-state index < -0.39 is 0 Å². The highest BCUT2D eigenvalue weighted by Gasteiger charge is 2.14. The Morgan fingerprint density at radius 2 is 2.38 bits per heavy atom. The van der Waals surface area contributed by atoms with Crippen molar-refractivity contribution in [2.45, 2.75) is 39.5 Å². The van der Waals surface area contributed by atoms with Crippen LogP contribution in [0.4, 0.5) is 0 Å². The highest BCUT2D eigenvalue weighted by Crippen LogP contribution is 2.11. The van der Waals surface area contributed by atoms with Crippen molar-refractivity contribution in [2.24, 2.45) is 0 Å². The number of unbranched alkanes of at least 4 members (excludes halogenated alkanes) is 1. The molecule has 0 aromatic carbocycles. The first-order valence-corrected chi connectivity index (χ1v) is 5.17. The van der Waals surface area contributed by atoms with E-state index in [1.165, 1.54) is 5.57 Å². The molecule has 0 unspecified atom stereocenters. The Balaban J connectivity index is 2.32. The van der Waals surface area contributed by atoms with E-state index in [1.807, 2.05) is 4.90 Å². The fourth-order valence-electron chi connectivity index (χ4n) is 1.48. The van der Waals surface area contributed by atoms with Crippen molar-refractivity contribution in [3.05, 3.63) is 11.6 Å². The van der Waals surface area contributed by atoms with Gasteiger partial charge in [-0.2, -0.15) is 0 Å². The average molecular weight is 181 g/mol. The van der Waals surface area contributed by atoms with Crippen LogP contribution in [-0.4, -0.2) is 23.9 Å². The number of hydrogen-bond acceptors (Lipinski definition) is 1. The largest absolute Gasteiger partial charge is 0.339 e. The van der Waals surface area contributed by atoms with Crippen LogP contribution in [-0.2, 0) is 4.79 Å². The molecule has 0 bridgehead atoms. The fraction of sp³-hybridized carbons (Fsp3) is 0.727. The number of carbonyl (C=O) groups excluding carboxylic acids is 1. The molecule has 13 heavy (non-hydrogen) atoms. The summed E-state index contributed by atoms with van der Waals surface area (Å²) < 4.78 is 0. The molecule has 1 aliphatic rings. The normalized spacial score (nSPS) is 17.1. The second-order valence-electron chi connectivity index (χ2n) is 3.74. The van der Waals surface area contributed by atoms with Crippen LogP contribution in [0.15, 0.2) is 11.6 Å². The maximum absolute atomic E-state index is 11.6. The van der Waals surface area contributed by atoms with Gasteiger partial charge in [0.25, 0.3) is 0 Å². The van der Waals surface area contributed by atoms with E-state index in [0.29, 0.717) is 5.91 Å². The molecule has 2 nitrogen and oxygen atoms in total. The molecule has 0 aliphatic carbocycles. The Morgan fingerprint density at radius 3 is 2.92 bits per heavy atom. The maximum Gasteiger partial charge on any atom is 0.222 e. The van der Waals surface area contributed by atoms with E-state index in [0.717, 1.165) is 38.8 Å². The summed E-state index contributed by atoms with van der Waals surface area (Å²) in [6.45, 7) is 6.00. The van der Waals surface area contributed by atoms with Crippen LogP contribution in [0, 0.1) is 0 Å². The van der Waals surface area contributed by atoms with Crippen molar-refractivity contribution in [3.63, 3.8) is 0 Å². The van der Waals surface area contributed by atoms with Gasteiger partial charge in [0.05, 0.1) is 0 Å². The van der Waals surface area contributed by atoms with Crippen molar-refractivity contribution in [3.8, 4) is 0 Å². The first-order valence-electron chi connectivity index (χ1n) is 5.17.